The van der Waals surface area contributed by atoms with E-state index >= 15 is 0 Å². The van der Waals surface area contributed by atoms with Crippen molar-refractivity contribution >= 4 is 5.95 Å². The topological polar surface area (TPSA) is 33.1 Å². The van der Waals surface area contributed by atoms with E-state index in [0.29, 0.717) is 6.04 Å². The predicted octanol–water partition coefficient (Wildman–Crippen LogP) is 1.48. The zero-order chi connectivity index (χ0) is 11.4. The van der Waals surface area contributed by atoms with Crippen molar-refractivity contribution in [2.75, 3.05) is 25.0 Å². The number of nitrogens with one attached hydrogen (secondary N) is 1. The van der Waals surface area contributed by atoms with Gasteiger partial charge in [-0.05, 0) is 26.3 Å². The van der Waals surface area contributed by atoms with Crippen LogP contribution in [0.3, 0.4) is 0 Å². The van der Waals surface area contributed by atoms with Crippen LogP contribution >= 0.6 is 0 Å². The third-order valence-corrected chi connectivity index (χ3v) is 3.23. The fourth-order valence-electron chi connectivity index (χ4n) is 2.52. The Morgan fingerprint density at radius 3 is 3.19 bits per heavy atom. The van der Waals surface area contributed by atoms with Gasteiger partial charge in [-0.25, -0.2) is 4.98 Å². The van der Waals surface area contributed by atoms with Crippen LogP contribution in [0.5, 0.6) is 0 Å². The maximum absolute atomic E-state index is 4.51. The average molecular weight is 222 g/mol. The van der Waals surface area contributed by atoms with Gasteiger partial charge in [0.1, 0.15) is 0 Å². The van der Waals surface area contributed by atoms with Crippen molar-refractivity contribution in [1.82, 2.24) is 14.9 Å². The summed E-state index contributed by atoms with van der Waals surface area (Å²) in [5, 5.41) is 3.27. The van der Waals surface area contributed by atoms with Crippen molar-refractivity contribution < 1.29 is 0 Å². The van der Waals surface area contributed by atoms with E-state index in [-0.39, 0.29) is 0 Å². The quantitative estimate of drug-likeness (QED) is 0.819. The molecule has 0 aliphatic carbocycles. The number of anilines is 1. The molecular weight excluding hydrogens is 200 g/mol. The molecule has 2 rings (SSSR count). The lowest BCUT2D eigenvalue weighted by Gasteiger charge is -2.26. The van der Waals surface area contributed by atoms with E-state index in [0.717, 1.165) is 32.0 Å². The van der Waals surface area contributed by atoms with Gasteiger partial charge in [-0.3, -0.25) is 0 Å². The molecule has 0 saturated carbocycles. The molecule has 0 aromatic carbocycles. The van der Waals surface area contributed by atoms with Gasteiger partial charge in [0.2, 0.25) is 5.95 Å². The van der Waals surface area contributed by atoms with Crippen LogP contribution in [0.1, 0.15) is 26.2 Å². The van der Waals surface area contributed by atoms with Crippen molar-refractivity contribution in [2.45, 2.75) is 38.8 Å². The van der Waals surface area contributed by atoms with Gasteiger partial charge in [-0.15, -0.1) is 0 Å². The second kappa shape index (κ2) is 5.34. The van der Waals surface area contributed by atoms with Crippen molar-refractivity contribution in [1.29, 1.82) is 0 Å². The number of aromatic nitrogens is 2. The highest BCUT2D eigenvalue weighted by molar-refractivity contribution is 5.35. The molecule has 0 radical (unpaired) electrons. The smallest absolute Gasteiger partial charge is 0.205 e. The van der Waals surface area contributed by atoms with Crippen LogP contribution in [0.2, 0.25) is 0 Å². The summed E-state index contributed by atoms with van der Waals surface area (Å²) in [6.07, 6.45) is 7.73. The zero-order valence-corrected chi connectivity index (χ0v) is 10.3. The molecule has 1 atom stereocenters. The third kappa shape index (κ3) is 2.21. The largest absolute Gasteiger partial charge is 0.338 e. The molecule has 4 heteroatoms. The Labute approximate surface area is 97.7 Å². The number of nitrogens with zero attached hydrogens (tertiary/aromatic N) is 3. The summed E-state index contributed by atoms with van der Waals surface area (Å²) < 4.78 is 2.27. The molecule has 1 fully saturated rings. The minimum absolute atomic E-state index is 0.614. The first-order chi connectivity index (χ1) is 7.86. The summed E-state index contributed by atoms with van der Waals surface area (Å²) in [4.78, 5) is 6.96. The van der Waals surface area contributed by atoms with Gasteiger partial charge in [0.05, 0.1) is 0 Å². The monoisotopic (exact) mass is 222 g/mol. The number of rotatable bonds is 5. The molecule has 0 bridgehead atoms. The molecular formula is C12H22N4. The number of aryl methyl sites for hydroxylation is 1. The van der Waals surface area contributed by atoms with E-state index in [1.54, 1.807) is 0 Å². The van der Waals surface area contributed by atoms with Crippen molar-refractivity contribution in [2.24, 2.45) is 0 Å². The van der Waals surface area contributed by atoms with Gasteiger partial charge in [0.25, 0.3) is 0 Å². The SMILES string of the molecule is CCCn1ccnc1N1CCCC1CNC. The average Bonchev–Trinajstić information content (AvgIpc) is 2.87. The highest BCUT2D eigenvalue weighted by Gasteiger charge is 2.26. The molecule has 0 amide bonds. The first kappa shape index (κ1) is 11.5. The normalized spacial score (nSPS) is 20.6. The van der Waals surface area contributed by atoms with Gasteiger partial charge in [0, 0.05) is 38.1 Å². The van der Waals surface area contributed by atoms with Crippen LogP contribution in [-0.2, 0) is 6.54 Å². The maximum Gasteiger partial charge on any atom is 0.205 e. The molecule has 0 spiro atoms. The van der Waals surface area contributed by atoms with E-state index in [9.17, 15) is 0 Å². The van der Waals surface area contributed by atoms with Crippen LogP contribution < -0.4 is 10.2 Å². The summed E-state index contributed by atoms with van der Waals surface area (Å²) >= 11 is 0. The fourth-order valence-corrected chi connectivity index (χ4v) is 2.52. The number of likely N-dealkylation sites (N-methyl/N-ethyl adjacent to an activating group) is 1. The summed E-state index contributed by atoms with van der Waals surface area (Å²) in [5.41, 5.74) is 0. The molecule has 90 valence electrons. The van der Waals surface area contributed by atoms with Gasteiger partial charge >= 0.3 is 0 Å². The first-order valence-electron chi connectivity index (χ1n) is 6.29. The Bertz CT molecular complexity index is 321. The predicted molar refractivity (Wildman–Crippen MR) is 66.8 cm³/mol. The zero-order valence-electron chi connectivity index (χ0n) is 10.3. The Balaban J connectivity index is 2.12. The second-order valence-corrected chi connectivity index (χ2v) is 4.47. The Hall–Kier alpha value is -1.03. The standard InChI is InChI=1S/C12H22N4/c1-3-7-15-9-6-14-12(15)16-8-4-5-11(16)10-13-2/h6,9,11,13H,3-5,7-8,10H2,1-2H3. The molecule has 1 aromatic rings. The first-order valence-corrected chi connectivity index (χ1v) is 6.29. The summed E-state index contributed by atoms with van der Waals surface area (Å²) in [7, 11) is 2.02. The fraction of sp³-hybridized carbons (Fsp3) is 0.750. The number of hydrogen-bond acceptors (Lipinski definition) is 3. The Morgan fingerprint density at radius 1 is 1.56 bits per heavy atom. The van der Waals surface area contributed by atoms with E-state index in [1.165, 1.54) is 12.8 Å². The third-order valence-electron chi connectivity index (χ3n) is 3.23. The number of hydrogen-bond donors (Lipinski definition) is 1. The molecule has 4 nitrogen and oxygen atoms in total. The van der Waals surface area contributed by atoms with Gasteiger partial charge < -0.3 is 14.8 Å². The highest BCUT2D eigenvalue weighted by Crippen LogP contribution is 2.23. The van der Waals surface area contributed by atoms with E-state index < -0.39 is 0 Å². The minimum Gasteiger partial charge on any atom is -0.338 e. The van der Waals surface area contributed by atoms with Gasteiger partial charge in [0.15, 0.2) is 0 Å². The van der Waals surface area contributed by atoms with Crippen molar-refractivity contribution in [3.8, 4) is 0 Å². The van der Waals surface area contributed by atoms with Crippen LogP contribution in [0, 0.1) is 0 Å². The van der Waals surface area contributed by atoms with Crippen LogP contribution in [0.4, 0.5) is 5.95 Å². The van der Waals surface area contributed by atoms with Crippen molar-refractivity contribution in [3.63, 3.8) is 0 Å². The minimum atomic E-state index is 0.614. The summed E-state index contributed by atoms with van der Waals surface area (Å²) in [5.74, 6) is 1.15. The summed E-state index contributed by atoms with van der Waals surface area (Å²) in [6, 6.07) is 0.614. The van der Waals surface area contributed by atoms with E-state index in [1.807, 2.05) is 13.2 Å². The lowest BCUT2D eigenvalue weighted by atomic mass is 10.2. The summed E-state index contributed by atoms with van der Waals surface area (Å²) in [6.45, 7) is 5.48. The highest BCUT2D eigenvalue weighted by atomic mass is 15.3. The molecule has 1 N–H and O–H groups in total. The molecule has 1 saturated heterocycles. The maximum atomic E-state index is 4.51. The lowest BCUT2D eigenvalue weighted by molar-refractivity contribution is 0.586. The molecule has 1 unspecified atom stereocenters. The Kier molecular flexibility index (Phi) is 3.83. The van der Waals surface area contributed by atoms with Gasteiger partial charge in [-0.1, -0.05) is 6.92 Å². The number of imidazole rings is 1. The lowest BCUT2D eigenvalue weighted by Crippen LogP contribution is -2.38. The molecule has 1 aromatic heterocycles. The molecule has 16 heavy (non-hydrogen) atoms. The molecule has 1 aliphatic heterocycles. The van der Waals surface area contributed by atoms with Crippen LogP contribution in [-0.4, -0.2) is 35.7 Å². The van der Waals surface area contributed by atoms with E-state index in [4.69, 9.17) is 0 Å². The van der Waals surface area contributed by atoms with Crippen LogP contribution in [0.15, 0.2) is 12.4 Å². The van der Waals surface area contributed by atoms with E-state index in [2.05, 4.69) is 32.9 Å². The molecule has 1 aliphatic rings. The van der Waals surface area contributed by atoms with Gasteiger partial charge in [-0.2, -0.15) is 0 Å². The van der Waals surface area contributed by atoms with Crippen LogP contribution in [0.25, 0.3) is 0 Å². The van der Waals surface area contributed by atoms with Crippen molar-refractivity contribution in [3.05, 3.63) is 12.4 Å². The molecule has 2 heterocycles. The Morgan fingerprint density at radius 2 is 2.44 bits per heavy atom. The second-order valence-electron chi connectivity index (χ2n) is 4.47.